The summed E-state index contributed by atoms with van der Waals surface area (Å²) in [5, 5.41) is 11.7. The zero-order chi connectivity index (χ0) is 16.1. The van der Waals surface area contributed by atoms with E-state index >= 15 is 0 Å². The van der Waals surface area contributed by atoms with Crippen LogP contribution in [0.4, 0.5) is 4.79 Å². The van der Waals surface area contributed by atoms with Crippen molar-refractivity contribution in [3.05, 3.63) is 12.7 Å². The third kappa shape index (κ3) is 9.93. The predicted molar refractivity (Wildman–Crippen MR) is 85.3 cm³/mol. The Labute approximate surface area is 128 Å². The number of carboxylic acids is 1. The van der Waals surface area contributed by atoms with Gasteiger partial charge in [-0.25, -0.2) is 4.79 Å². The third-order valence-corrected chi connectivity index (χ3v) is 3.42. The second-order valence-electron chi connectivity index (χ2n) is 5.34. The topological polar surface area (TPSA) is 69.6 Å². The van der Waals surface area contributed by atoms with Crippen molar-refractivity contribution in [3.8, 4) is 0 Å². The number of amides is 2. The van der Waals surface area contributed by atoms with Crippen LogP contribution in [-0.2, 0) is 4.79 Å². The lowest BCUT2D eigenvalue weighted by Gasteiger charge is -2.22. The first-order valence-electron chi connectivity index (χ1n) is 7.90. The molecule has 1 unspecified atom stereocenters. The molecule has 0 spiro atoms. The van der Waals surface area contributed by atoms with Crippen molar-refractivity contribution in [2.24, 2.45) is 5.92 Å². The standard InChI is InChI=1S/C16H30N2O3/c1-4-7-14(8-9-15(19)20)10-11-17-16(21)18(12-5-2)13-6-3/h5,14H,2,4,6-13H2,1,3H3,(H,17,21)(H,19,20). The van der Waals surface area contributed by atoms with Gasteiger partial charge in [0, 0.05) is 26.1 Å². The molecule has 0 rings (SSSR count). The van der Waals surface area contributed by atoms with Crippen LogP contribution in [0.5, 0.6) is 0 Å². The molecule has 0 aromatic rings. The molecule has 5 heteroatoms. The first-order chi connectivity index (χ1) is 10.0. The summed E-state index contributed by atoms with van der Waals surface area (Å²) >= 11 is 0. The fraction of sp³-hybridized carbons (Fsp3) is 0.750. The number of carbonyl (C=O) groups is 2. The molecule has 0 bridgehead atoms. The Morgan fingerprint density at radius 2 is 1.95 bits per heavy atom. The van der Waals surface area contributed by atoms with Crippen LogP contribution in [0.25, 0.3) is 0 Å². The number of rotatable bonds is 12. The van der Waals surface area contributed by atoms with Gasteiger partial charge in [0.05, 0.1) is 0 Å². The molecule has 0 heterocycles. The highest BCUT2D eigenvalue weighted by molar-refractivity contribution is 5.74. The van der Waals surface area contributed by atoms with Gasteiger partial charge in [0.2, 0.25) is 0 Å². The summed E-state index contributed by atoms with van der Waals surface area (Å²) in [6.45, 7) is 9.66. The van der Waals surface area contributed by atoms with Crippen LogP contribution in [0.1, 0.15) is 52.4 Å². The molecule has 0 aromatic heterocycles. The van der Waals surface area contributed by atoms with E-state index < -0.39 is 5.97 Å². The number of urea groups is 1. The first kappa shape index (κ1) is 19.5. The zero-order valence-electron chi connectivity index (χ0n) is 13.4. The van der Waals surface area contributed by atoms with Crippen molar-refractivity contribution in [2.45, 2.75) is 52.4 Å². The quantitative estimate of drug-likeness (QED) is 0.543. The molecule has 21 heavy (non-hydrogen) atoms. The van der Waals surface area contributed by atoms with E-state index in [0.717, 1.165) is 32.2 Å². The van der Waals surface area contributed by atoms with Gasteiger partial charge in [-0.1, -0.05) is 32.8 Å². The van der Waals surface area contributed by atoms with Gasteiger partial charge in [-0.15, -0.1) is 6.58 Å². The Hall–Kier alpha value is -1.52. The Bertz CT molecular complexity index is 319. The number of nitrogens with zero attached hydrogens (tertiary/aromatic N) is 1. The number of nitrogens with one attached hydrogen (secondary N) is 1. The molecule has 0 radical (unpaired) electrons. The smallest absolute Gasteiger partial charge is 0.317 e. The largest absolute Gasteiger partial charge is 0.481 e. The summed E-state index contributed by atoms with van der Waals surface area (Å²) < 4.78 is 0. The Morgan fingerprint density at radius 3 is 2.48 bits per heavy atom. The van der Waals surface area contributed by atoms with Gasteiger partial charge in [0.1, 0.15) is 0 Å². The fourth-order valence-electron chi connectivity index (χ4n) is 2.37. The van der Waals surface area contributed by atoms with Crippen molar-refractivity contribution < 1.29 is 14.7 Å². The van der Waals surface area contributed by atoms with Gasteiger partial charge in [0.15, 0.2) is 0 Å². The summed E-state index contributed by atoms with van der Waals surface area (Å²) in [6, 6.07) is -0.0646. The summed E-state index contributed by atoms with van der Waals surface area (Å²) in [5.74, 6) is -0.384. The maximum absolute atomic E-state index is 12.0. The number of hydrogen-bond acceptors (Lipinski definition) is 2. The second-order valence-corrected chi connectivity index (χ2v) is 5.34. The van der Waals surface area contributed by atoms with E-state index in [1.54, 1.807) is 11.0 Å². The van der Waals surface area contributed by atoms with Crippen LogP contribution in [0.15, 0.2) is 12.7 Å². The molecule has 0 aliphatic heterocycles. The molecule has 2 amide bonds. The summed E-state index contributed by atoms with van der Waals surface area (Å²) in [6.07, 6.45) is 6.41. The van der Waals surface area contributed by atoms with E-state index in [1.807, 2.05) is 6.92 Å². The maximum Gasteiger partial charge on any atom is 0.317 e. The van der Waals surface area contributed by atoms with Crippen molar-refractivity contribution in [1.82, 2.24) is 10.2 Å². The SMILES string of the molecule is C=CCN(CCC)C(=O)NCCC(CCC)CCC(=O)O. The lowest BCUT2D eigenvalue weighted by Crippen LogP contribution is -2.41. The number of hydrogen-bond donors (Lipinski definition) is 2. The van der Waals surface area contributed by atoms with Crippen LogP contribution in [0.2, 0.25) is 0 Å². The molecular weight excluding hydrogens is 268 g/mol. The van der Waals surface area contributed by atoms with Crippen molar-refractivity contribution in [3.63, 3.8) is 0 Å². The minimum Gasteiger partial charge on any atom is -0.481 e. The van der Waals surface area contributed by atoms with Gasteiger partial charge >= 0.3 is 12.0 Å². The van der Waals surface area contributed by atoms with Gasteiger partial charge < -0.3 is 15.3 Å². The molecule has 0 saturated heterocycles. The van der Waals surface area contributed by atoms with E-state index in [1.165, 1.54) is 0 Å². The van der Waals surface area contributed by atoms with Crippen molar-refractivity contribution in [1.29, 1.82) is 0 Å². The lowest BCUT2D eigenvalue weighted by molar-refractivity contribution is -0.137. The van der Waals surface area contributed by atoms with E-state index in [0.29, 0.717) is 25.4 Å². The van der Waals surface area contributed by atoms with Crippen LogP contribution < -0.4 is 5.32 Å². The normalized spacial score (nSPS) is 11.7. The van der Waals surface area contributed by atoms with Gasteiger partial charge in [0.25, 0.3) is 0 Å². The van der Waals surface area contributed by atoms with Gasteiger partial charge in [-0.3, -0.25) is 4.79 Å². The number of carboxylic acid groups (broad SMARTS) is 1. The molecule has 5 nitrogen and oxygen atoms in total. The van der Waals surface area contributed by atoms with E-state index in [-0.39, 0.29) is 12.5 Å². The minimum atomic E-state index is -0.750. The molecule has 1 atom stereocenters. The minimum absolute atomic E-state index is 0.0646. The highest BCUT2D eigenvalue weighted by atomic mass is 16.4. The number of aliphatic carboxylic acids is 1. The van der Waals surface area contributed by atoms with Crippen LogP contribution in [0.3, 0.4) is 0 Å². The summed E-state index contributed by atoms with van der Waals surface area (Å²) in [4.78, 5) is 24.4. The van der Waals surface area contributed by atoms with Crippen LogP contribution in [0, 0.1) is 5.92 Å². The molecule has 0 aliphatic carbocycles. The monoisotopic (exact) mass is 298 g/mol. The van der Waals surface area contributed by atoms with E-state index in [4.69, 9.17) is 5.11 Å². The zero-order valence-corrected chi connectivity index (χ0v) is 13.4. The highest BCUT2D eigenvalue weighted by Crippen LogP contribution is 2.17. The van der Waals surface area contributed by atoms with Gasteiger partial charge in [-0.2, -0.15) is 0 Å². The second kappa shape index (κ2) is 12.2. The average molecular weight is 298 g/mol. The highest BCUT2D eigenvalue weighted by Gasteiger charge is 2.13. The van der Waals surface area contributed by atoms with E-state index in [9.17, 15) is 9.59 Å². The van der Waals surface area contributed by atoms with Crippen molar-refractivity contribution >= 4 is 12.0 Å². The average Bonchev–Trinajstić information content (AvgIpc) is 2.44. The van der Waals surface area contributed by atoms with Crippen LogP contribution >= 0.6 is 0 Å². The number of carbonyl (C=O) groups excluding carboxylic acids is 1. The predicted octanol–water partition coefficient (Wildman–Crippen LogP) is 3.27. The maximum atomic E-state index is 12.0. The molecule has 2 N–H and O–H groups in total. The fourth-order valence-corrected chi connectivity index (χ4v) is 2.37. The van der Waals surface area contributed by atoms with Gasteiger partial charge in [-0.05, 0) is 25.2 Å². The van der Waals surface area contributed by atoms with Crippen LogP contribution in [-0.4, -0.2) is 41.6 Å². The Morgan fingerprint density at radius 1 is 1.24 bits per heavy atom. The Balaban J connectivity index is 4.12. The molecule has 122 valence electrons. The molecule has 0 aromatic carbocycles. The third-order valence-electron chi connectivity index (χ3n) is 3.42. The molecule has 0 saturated carbocycles. The van der Waals surface area contributed by atoms with Crippen molar-refractivity contribution in [2.75, 3.05) is 19.6 Å². The lowest BCUT2D eigenvalue weighted by atomic mass is 9.94. The first-order valence-corrected chi connectivity index (χ1v) is 7.90. The summed E-state index contributed by atoms with van der Waals surface area (Å²) in [7, 11) is 0. The molecule has 0 fully saturated rings. The Kier molecular flexibility index (Phi) is 11.4. The summed E-state index contributed by atoms with van der Waals surface area (Å²) in [5.41, 5.74) is 0. The molecular formula is C16H30N2O3. The van der Waals surface area contributed by atoms with E-state index in [2.05, 4.69) is 18.8 Å². The molecule has 0 aliphatic rings.